The molecule has 2 aliphatic heterocycles. The number of ether oxygens (including phenoxy) is 1. The standard InChI is InChI=1S/C17H25N3O3S/c1-13-2-3-15(24-13)12-18-17(22)20-6-4-14(5-7-20)16(21)19-8-10-23-11-9-19/h2-3,14H,4-12H2,1H3,(H,18,22). The van der Waals surface area contributed by atoms with Crippen molar-refractivity contribution >= 4 is 23.3 Å². The molecule has 132 valence electrons. The number of hydrogen-bond acceptors (Lipinski definition) is 4. The van der Waals surface area contributed by atoms with E-state index in [2.05, 4.69) is 18.3 Å². The van der Waals surface area contributed by atoms with Gasteiger partial charge in [-0.15, -0.1) is 11.3 Å². The number of carbonyl (C=O) groups excluding carboxylic acids is 2. The maximum Gasteiger partial charge on any atom is 0.317 e. The highest BCUT2D eigenvalue weighted by Crippen LogP contribution is 2.21. The van der Waals surface area contributed by atoms with E-state index < -0.39 is 0 Å². The Balaban J connectivity index is 1.42. The van der Waals surface area contributed by atoms with Gasteiger partial charge in [0.2, 0.25) is 5.91 Å². The number of nitrogens with one attached hydrogen (secondary N) is 1. The number of carbonyl (C=O) groups is 2. The average Bonchev–Trinajstić information content (AvgIpc) is 3.05. The lowest BCUT2D eigenvalue weighted by Gasteiger charge is -2.35. The second-order valence-corrected chi connectivity index (χ2v) is 7.74. The summed E-state index contributed by atoms with van der Waals surface area (Å²) in [5.41, 5.74) is 0. The van der Waals surface area contributed by atoms with Gasteiger partial charge in [0.05, 0.1) is 19.8 Å². The Bertz CT molecular complexity index is 575. The van der Waals surface area contributed by atoms with Gasteiger partial charge in [-0.3, -0.25) is 4.79 Å². The van der Waals surface area contributed by atoms with Crippen LogP contribution in [0.15, 0.2) is 12.1 Å². The van der Waals surface area contributed by atoms with Gasteiger partial charge < -0.3 is 19.9 Å². The first kappa shape index (κ1) is 17.2. The zero-order valence-corrected chi connectivity index (χ0v) is 14.9. The quantitative estimate of drug-likeness (QED) is 0.904. The van der Waals surface area contributed by atoms with E-state index in [1.807, 2.05) is 15.9 Å². The first-order valence-electron chi connectivity index (χ1n) is 8.58. The number of likely N-dealkylation sites (tertiary alicyclic amines) is 1. The van der Waals surface area contributed by atoms with Crippen LogP contribution in [-0.4, -0.2) is 61.1 Å². The summed E-state index contributed by atoms with van der Waals surface area (Å²) >= 11 is 1.70. The number of urea groups is 1. The summed E-state index contributed by atoms with van der Waals surface area (Å²) in [5, 5.41) is 2.97. The smallest absolute Gasteiger partial charge is 0.317 e. The Morgan fingerprint density at radius 3 is 2.50 bits per heavy atom. The molecule has 2 aliphatic rings. The summed E-state index contributed by atoms with van der Waals surface area (Å²) in [7, 11) is 0. The van der Waals surface area contributed by atoms with E-state index >= 15 is 0 Å². The lowest BCUT2D eigenvalue weighted by atomic mass is 9.95. The van der Waals surface area contributed by atoms with Crippen LogP contribution in [0.3, 0.4) is 0 Å². The highest BCUT2D eigenvalue weighted by atomic mass is 32.1. The lowest BCUT2D eigenvalue weighted by molar-refractivity contribution is -0.141. The van der Waals surface area contributed by atoms with E-state index in [1.165, 1.54) is 9.75 Å². The summed E-state index contributed by atoms with van der Waals surface area (Å²) in [6, 6.07) is 4.08. The van der Waals surface area contributed by atoms with Gasteiger partial charge in [-0.25, -0.2) is 4.79 Å². The van der Waals surface area contributed by atoms with Gasteiger partial charge in [0.15, 0.2) is 0 Å². The molecule has 6 nitrogen and oxygen atoms in total. The highest BCUT2D eigenvalue weighted by molar-refractivity contribution is 7.11. The van der Waals surface area contributed by atoms with Crippen LogP contribution in [0.2, 0.25) is 0 Å². The van der Waals surface area contributed by atoms with Crippen LogP contribution < -0.4 is 5.32 Å². The van der Waals surface area contributed by atoms with E-state index in [9.17, 15) is 9.59 Å². The van der Waals surface area contributed by atoms with Crippen molar-refractivity contribution in [2.75, 3.05) is 39.4 Å². The molecule has 0 atom stereocenters. The van der Waals surface area contributed by atoms with E-state index in [1.54, 1.807) is 11.3 Å². The van der Waals surface area contributed by atoms with Crippen molar-refractivity contribution in [3.63, 3.8) is 0 Å². The fourth-order valence-electron chi connectivity index (χ4n) is 3.23. The number of nitrogens with zero attached hydrogens (tertiary/aromatic N) is 2. The molecule has 3 amide bonds. The van der Waals surface area contributed by atoms with Crippen LogP contribution in [0.4, 0.5) is 4.79 Å². The summed E-state index contributed by atoms with van der Waals surface area (Å²) in [5.74, 6) is 0.277. The Kier molecular flexibility index (Phi) is 5.73. The van der Waals surface area contributed by atoms with Crippen molar-refractivity contribution in [2.24, 2.45) is 5.92 Å². The molecular weight excluding hydrogens is 326 g/mol. The molecule has 1 aromatic heterocycles. The predicted octanol–water partition coefficient (Wildman–Crippen LogP) is 1.84. The summed E-state index contributed by atoms with van der Waals surface area (Å²) in [6.45, 7) is 6.59. The molecule has 7 heteroatoms. The van der Waals surface area contributed by atoms with Crippen molar-refractivity contribution in [1.29, 1.82) is 0 Å². The van der Waals surface area contributed by atoms with Crippen molar-refractivity contribution in [3.05, 3.63) is 21.9 Å². The molecule has 0 aliphatic carbocycles. The molecule has 1 aromatic rings. The molecule has 2 fully saturated rings. The van der Waals surface area contributed by atoms with Gasteiger partial charge in [0.25, 0.3) is 0 Å². The van der Waals surface area contributed by atoms with Crippen molar-refractivity contribution in [3.8, 4) is 0 Å². The maximum absolute atomic E-state index is 12.5. The molecule has 0 bridgehead atoms. The van der Waals surface area contributed by atoms with Crippen molar-refractivity contribution in [1.82, 2.24) is 15.1 Å². The summed E-state index contributed by atoms with van der Waals surface area (Å²) in [6.07, 6.45) is 1.50. The topological polar surface area (TPSA) is 61.9 Å². The van der Waals surface area contributed by atoms with Crippen LogP contribution in [-0.2, 0) is 16.1 Å². The minimum absolute atomic E-state index is 0.0293. The zero-order chi connectivity index (χ0) is 16.9. The SMILES string of the molecule is Cc1ccc(CNC(=O)N2CCC(C(=O)N3CCOCC3)CC2)s1. The highest BCUT2D eigenvalue weighted by Gasteiger charge is 2.30. The Morgan fingerprint density at radius 1 is 1.17 bits per heavy atom. The second-order valence-electron chi connectivity index (χ2n) is 6.37. The Labute approximate surface area is 146 Å². The monoisotopic (exact) mass is 351 g/mol. The minimum Gasteiger partial charge on any atom is -0.378 e. The van der Waals surface area contributed by atoms with Gasteiger partial charge in [0, 0.05) is 41.9 Å². The zero-order valence-electron chi connectivity index (χ0n) is 14.1. The molecule has 24 heavy (non-hydrogen) atoms. The molecule has 0 aromatic carbocycles. The first-order chi connectivity index (χ1) is 11.6. The van der Waals surface area contributed by atoms with Crippen molar-refractivity contribution < 1.29 is 14.3 Å². The average molecular weight is 351 g/mol. The van der Waals surface area contributed by atoms with E-state index in [0.717, 1.165) is 12.8 Å². The molecule has 0 unspecified atom stereocenters. The number of hydrogen-bond donors (Lipinski definition) is 1. The number of morpholine rings is 1. The lowest BCUT2D eigenvalue weighted by Crippen LogP contribution is -2.49. The number of aryl methyl sites for hydroxylation is 1. The second kappa shape index (κ2) is 7.98. The third-order valence-corrected chi connectivity index (χ3v) is 5.66. The molecule has 0 radical (unpaired) electrons. The Hall–Kier alpha value is -1.60. The van der Waals surface area contributed by atoms with Gasteiger partial charge in [-0.2, -0.15) is 0 Å². The summed E-state index contributed by atoms with van der Waals surface area (Å²) in [4.78, 5) is 30.9. The van der Waals surface area contributed by atoms with Crippen LogP contribution in [0.1, 0.15) is 22.6 Å². The molecule has 1 N–H and O–H groups in total. The van der Waals surface area contributed by atoms with Crippen LogP contribution in [0.25, 0.3) is 0 Å². The number of piperidine rings is 1. The largest absolute Gasteiger partial charge is 0.378 e. The van der Waals surface area contributed by atoms with Crippen LogP contribution in [0.5, 0.6) is 0 Å². The normalized spacial score (nSPS) is 19.4. The third-order valence-electron chi connectivity index (χ3n) is 4.66. The molecule has 0 saturated carbocycles. The fraction of sp³-hybridized carbons (Fsp3) is 0.647. The molecule has 3 heterocycles. The third kappa shape index (κ3) is 4.27. The number of rotatable bonds is 3. The van der Waals surface area contributed by atoms with Gasteiger partial charge in [-0.05, 0) is 31.9 Å². The van der Waals surface area contributed by atoms with Gasteiger partial charge >= 0.3 is 6.03 Å². The van der Waals surface area contributed by atoms with Gasteiger partial charge in [-0.1, -0.05) is 0 Å². The number of amides is 3. The van der Waals surface area contributed by atoms with Gasteiger partial charge in [0.1, 0.15) is 0 Å². The van der Waals surface area contributed by atoms with E-state index in [-0.39, 0.29) is 17.9 Å². The van der Waals surface area contributed by atoms with Crippen LogP contribution >= 0.6 is 11.3 Å². The van der Waals surface area contributed by atoms with Crippen molar-refractivity contribution in [2.45, 2.75) is 26.3 Å². The predicted molar refractivity (Wildman–Crippen MR) is 93.0 cm³/mol. The summed E-state index contributed by atoms with van der Waals surface area (Å²) < 4.78 is 5.30. The number of thiophene rings is 1. The minimum atomic E-state index is -0.0293. The first-order valence-corrected chi connectivity index (χ1v) is 9.40. The molecular formula is C17H25N3O3S. The fourth-order valence-corrected chi connectivity index (χ4v) is 4.06. The maximum atomic E-state index is 12.5. The molecule has 0 spiro atoms. The van der Waals surface area contributed by atoms with E-state index in [4.69, 9.17) is 4.74 Å². The molecule has 3 rings (SSSR count). The van der Waals surface area contributed by atoms with Crippen LogP contribution in [0, 0.1) is 12.8 Å². The molecule has 2 saturated heterocycles. The Morgan fingerprint density at radius 2 is 1.88 bits per heavy atom. The van der Waals surface area contributed by atoms with E-state index in [0.29, 0.717) is 45.9 Å².